The third-order valence-electron chi connectivity index (χ3n) is 2.78. The first-order valence-corrected chi connectivity index (χ1v) is 6.14. The second-order valence-corrected chi connectivity index (χ2v) is 4.08. The molecule has 0 aromatic heterocycles. The lowest BCUT2D eigenvalue weighted by atomic mass is 10.1. The fraction of sp³-hybridized carbons (Fsp3) is 0.571. The predicted molar refractivity (Wildman–Crippen MR) is 70.3 cm³/mol. The first kappa shape index (κ1) is 14.2. The average molecular weight is 237 g/mol. The molecule has 17 heavy (non-hydrogen) atoms. The smallest absolute Gasteiger partial charge is 0.0701 e. The summed E-state index contributed by atoms with van der Waals surface area (Å²) in [6.07, 6.45) is 2.17. The van der Waals surface area contributed by atoms with Crippen molar-refractivity contribution in [1.29, 1.82) is 0 Å². The van der Waals surface area contributed by atoms with Crippen molar-refractivity contribution >= 4 is 0 Å². The van der Waals surface area contributed by atoms with E-state index in [0.29, 0.717) is 19.3 Å². The van der Waals surface area contributed by atoms with Crippen LogP contribution in [0.4, 0.5) is 0 Å². The molecule has 1 aromatic carbocycles. The third kappa shape index (κ3) is 6.41. The van der Waals surface area contributed by atoms with E-state index in [4.69, 9.17) is 9.47 Å². The Morgan fingerprint density at radius 2 is 1.94 bits per heavy atom. The van der Waals surface area contributed by atoms with Crippen molar-refractivity contribution < 1.29 is 9.47 Å². The van der Waals surface area contributed by atoms with Crippen LogP contribution >= 0.6 is 0 Å². The molecule has 1 atom stereocenters. The van der Waals surface area contributed by atoms with Crippen LogP contribution in [-0.4, -0.2) is 40.0 Å². The number of benzene rings is 1. The second-order valence-electron chi connectivity index (χ2n) is 4.08. The monoisotopic (exact) mass is 237 g/mol. The zero-order valence-corrected chi connectivity index (χ0v) is 10.8. The molecule has 1 rings (SSSR count). The zero-order valence-electron chi connectivity index (χ0n) is 10.8. The molecule has 3 heteroatoms. The summed E-state index contributed by atoms with van der Waals surface area (Å²) in [4.78, 5) is 0. The summed E-state index contributed by atoms with van der Waals surface area (Å²) < 4.78 is 10.5. The van der Waals surface area contributed by atoms with Crippen molar-refractivity contribution in [1.82, 2.24) is 5.32 Å². The normalized spacial score (nSPS) is 12.6. The van der Waals surface area contributed by atoms with Gasteiger partial charge in [0.15, 0.2) is 0 Å². The molecule has 0 spiro atoms. The van der Waals surface area contributed by atoms with Gasteiger partial charge in [0.05, 0.1) is 19.8 Å². The number of likely N-dealkylation sites (N-methyl/N-ethyl adjacent to an activating group) is 1. The topological polar surface area (TPSA) is 30.5 Å². The Morgan fingerprint density at radius 3 is 2.59 bits per heavy atom. The minimum atomic E-state index is 0.409. The molecule has 96 valence electrons. The van der Waals surface area contributed by atoms with Crippen LogP contribution in [0, 0.1) is 0 Å². The fourth-order valence-corrected chi connectivity index (χ4v) is 1.66. The van der Waals surface area contributed by atoms with Crippen LogP contribution < -0.4 is 5.32 Å². The van der Waals surface area contributed by atoms with E-state index in [1.165, 1.54) is 5.56 Å². The summed E-state index contributed by atoms with van der Waals surface area (Å²) in [5.41, 5.74) is 1.38. The highest BCUT2D eigenvalue weighted by atomic mass is 16.5. The van der Waals surface area contributed by atoms with E-state index in [-0.39, 0.29) is 0 Å². The Balaban J connectivity index is 2.18. The van der Waals surface area contributed by atoms with E-state index in [1.54, 1.807) is 7.11 Å². The molecule has 1 unspecified atom stereocenters. The summed E-state index contributed by atoms with van der Waals surface area (Å²) in [6.45, 7) is 2.07. The molecule has 1 N–H and O–H groups in total. The molecule has 0 aliphatic heterocycles. The number of methoxy groups -OCH3 is 1. The molecule has 0 aliphatic rings. The summed E-state index contributed by atoms with van der Waals surface area (Å²) in [6, 6.07) is 11.0. The number of nitrogens with one attached hydrogen (secondary N) is 1. The molecule has 0 heterocycles. The SMILES string of the molecule is CNC(CCc1ccccc1)COCCOC. The Kier molecular flexibility index (Phi) is 7.63. The lowest BCUT2D eigenvalue weighted by Crippen LogP contribution is -2.31. The third-order valence-corrected chi connectivity index (χ3v) is 2.78. The lowest BCUT2D eigenvalue weighted by molar-refractivity contribution is 0.0586. The van der Waals surface area contributed by atoms with Gasteiger partial charge in [0.1, 0.15) is 0 Å². The minimum Gasteiger partial charge on any atom is -0.382 e. The summed E-state index contributed by atoms with van der Waals surface area (Å²) in [5, 5.41) is 3.28. The van der Waals surface area contributed by atoms with Gasteiger partial charge in [-0.15, -0.1) is 0 Å². The fourth-order valence-electron chi connectivity index (χ4n) is 1.66. The first-order chi connectivity index (χ1) is 8.36. The highest BCUT2D eigenvalue weighted by Gasteiger charge is 2.06. The van der Waals surface area contributed by atoms with E-state index in [0.717, 1.165) is 19.4 Å². The quantitative estimate of drug-likeness (QED) is 0.665. The number of ether oxygens (including phenoxy) is 2. The molecule has 0 saturated carbocycles. The number of hydrogen-bond donors (Lipinski definition) is 1. The molecule has 0 aliphatic carbocycles. The van der Waals surface area contributed by atoms with Crippen molar-refractivity contribution in [3.63, 3.8) is 0 Å². The largest absolute Gasteiger partial charge is 0.382 e. The van der Waals surface area contributed by atoms with Gasteiger partial charge >= 0.3 is 0 Å². The minimum absolute atomic E-state index is 0.409. The van der Waals surface area contributed by atoms with Crippen molar-refractivity contribution in [2.75, 3.05) is 34.0 Å². The van der Waals surface area contributed by atoms with E-state index in [9.17, 15) is 0 Å². The Labute approximate surface area is 104 Å². The van der Waals surface area contributed by atoms with Gasteiger partial charge in [0.25, 0.3) is 0 Å². The lowest BCUT2D eigenvalue weighted by Gasteiger charge is -2.16. The van der Waals surface area contributed by atoms with E-state index >= 15 is 0 Å². The van der Waals surface area contributed by atoms with Crippen LogP contribution in [0.5, 0.6) is 0 Å². The van der Waals surface area contributed by atoms with Crippen molar-refractivity contribution in [2.24, 2.45) is 0 Å². The zero-order chi connectivity index (χ0) is 12.3. The molecule has 0 amide bonds. The van der Waals surface area contributed by atoms with Gasteiger partial charge in [-0.25, -0.2) is 0 Å². The van der Waals surface area contributed by atoms with Crippen molar-refractivity contribution in [3.05, 3.63) is 35.9 Å². The Morgan fingerprint density at radius 1 is 1.18 bits per heavy atom. The maximum atomic E-state index is 5.53. The molecule has 3 nitrogen and oxygen atoms in total. The molecule has 0 fully saturated rings. The van der Waals surface area contributed by atoms with Gasteiger partial charge < -0.3 is 14.8 Å². The highest BCUT2D eigenvalue weighted by Crippen LogP contribution is 2.05. The van der Waals surface area contributed by atoms with E-state index in [2.05, 4.69) is 29.6 Å². The molecule has 0 saturated heterocycles. The molecule has 0 radical (unpaired) electrons. The maximum Gasteiger partial charge on any atom is 0.0701 e. The van der Waals surface area contributed by atoms with Gasteiger partial charge in [-0.3, -0.25) is 0 Å². The first-order valence-electron chi connectivity index (χ1n) is 6.14. The van der Waals surface area contributed by atoms with E-state index < -0.39 is 0 Å². The number of hydrogen-bond acceptors (Lipinski definition) is 3. The van der Waals surface area contributed by atoms with Gasteiger partial charge in [0.2, 0.25) is 0 Å². The predicted octanol–water partition coefficient (Wildman–Crippen LogP) is 1.87. The van der Waals surface area contributed by atoms with Crippen LogP contribution in [-0.2, 0) is 15.9 Å². The van der Waals surface area contributed by atoms with Gasteiger partial charge in [0, 0.05) is 13.2 Å². The molecular weight excluding hydrogens is 214 g/mol. The average Bonchev–Trinajstić information content (AvgIpc) is 2.39. The summed E-state index contributed by atoms with van der Waals surface area (Å²) in [5.74, 6) is 0. The van der Waals surface area contributed by atoms with Crippen molar-refractivity contribution in [2.45, 2.75) is 18.9 Å². The molecule has 0 bridgehead atoms. The molecular formula is C14H23NO2. The van der Waals surface area contributed by atoms with Crippen LogP contribution in [0.2, 0.25) is 0 Å². The Hall–Kier alpha value is -0.900. The van der Waals surface area contributed by atoms with Gasteiger partial charge in [-0.05, 0) is 25.5 Å². The Bertz CT molecular complexity index is 277. The number of aryl methyl sites for hydroxylation is 1. The summed E-state index contributed by atoms with van der Waals surface area (Å²) >= 11 is 0. The van der Waals surface area contributed by atoms with Crippen LogP contribution in [0.15, 0.2) is 30.3 Å². The standard InChI is InChI=1S/C14H23NO2/c1-15-14(12-17-11-10-16-2)9-8-13-6-4-3-5-7-13/h3-7,14-15H,8-12H2,1-2H3. The van der Waals surface area contributed by atoms with Crippen LogP contribution in [0.3, 0.4) is 0 Å². The van der Waals surface area contributed by atoms with Crippen molar-refractivity contribution in [3.8, 4) is 0 Å². The van der Waals surface area contributed by atoms with E-state index in [1.807, 2.05) is 13.1 Å². The second kappa shape index (κ2) is 9.16. The maximum absolute atomic E-state index is 5.53. The van der Waals surface area contributed by atoms with Gasteiger partial charge in [-0.2, -0.15) is 0 Å². The van der Waals surface area contributed by atoms with Crippen LogP contribution in [0.25, 0.3) is 0 Å². The highest BCUT2D eigenvalue weighted by molar-refractivity contribution is 5.14. The summed E-state index contributed by atoms with van der Waals surface area (Å²) in [7, 11) is 3.67. The number of rotatable bonds is 9. The molecule has 1 aromatic rings. The van der Waals surface area contributed by atoms with Crippen LogP contribution in [0.1, 0.15) is 12.0 Å². The van der Waals surface area contributed by atoms with Gasteiger partial charge in [-0.1, -0.05) is 30.3 Å².